The molecule has 0 aliphatic rings. The third-order valence-corrected chi connectivity index (χ3v) is 3.44. The molecule has 0 amide bonds. The fraction of sp³-hybridized carbons (Fsp3) is 0.333. The second-order valence-electron chi connectivity index (χ2n) is 5.08. The van der Waals surface area contributed by atoms with E-state index in [-0.39, 0.29) is 6.61 Å². The van der Waals surface area contributed by atoms with Crippen LogP contribution in [0.5, 0.6) is 5.75 Å². The lowest BCUT2D eigenvalue weighted by atomic mass is 10.2. The number of rotatable bonds is 10. The van der Waals surface area contributed by atoms with E-state index in [1.54, 1.807) is 0 Å². The van der Waals surface area contributed by atoms with Gasteiger partial charge in [-0.1, -0.05) is 35.9 Å². The van der Waals surface area contributed by atoms with Gasteiger partial charge in [-0.3, -0.25) is 0 Å². The van der Waals surface area contributed by atoms with Gasteiger partial charge in [0.2, 0.25) is 0 Å². The van der Waals surface area contributed by atoms with Crippen LogP contribution in [0.15, 0.2) is 48.5 Å². The highest BCUT2D eigenvalue weighted by molar-refractivity contribution is 6.30. The topological polar surface area (TPSA) is 50.7 Å². The summed E-state index contributed by atoms with van der Waals surface area (Å²) in [4.78, 5) is 0. The molecule has 0 aliphatic heterocycles. The third-order valence-electron chi connectivity index (χ3n) is 3.21. The summed E-state index contributed by atoms with van der Waals surface area (Å²) in [6.45, 7) is 3.09. The Morgan fingerprint density at radius 3 is 2.57 bits per heavy atom. The van der Waals surface area contributed by atoms with Crippen LogP contribution in [0.2, 0.25) is 5.02 Å². The van der Waals surface area contributed by atoms with E-state index in [4.69, 9.17) is 26.2 Å². The fourth-order valence-corrected chi connectivity index (χ4v) is 2.25. The summed E-state index contributed by atoms with van der Waals surface area (Å²) in [6.07, 6.45) is 0. The number of hydrogen-bond acceptors (Lipinski definition) is 4. The van der Waals surface area contributed by atoms with E-state index in [9.17, 15) is 0 Å². The Balaban J connectivity index is 1.70. The van der Waals surface area contributed by atoms with Gasteiger partial charge < -0.3 is 19.9 Å². The third kappa shape index (κ3) is 7.01. The Hall–Kier alpha value is -1.59. The van der Waals surface area contributed by atoms with Crippen LogP contribution in [0.1, 0.15) is 11.1 Å². The molecule has 124 valence electrons. The molecule has 2 rings (SSSR count). The maximum atomic E-state index is 8.59. The van der Waals surface area contributed by atoms with E-state index in [0.717, 1.165) is 29.4 Å². The molecule has 0 aromatic heterocycles. The second-order valence-corrected chi connectivity index (χ2v) is 5.51. The number of aliphatic hydroxyl groups excluding tert-OH is 1. The molecule has 0 aliphatic carbocycles. The Bertz CT molecular complexity index is 575. The molecule has 0 saturated heterocycles. The highest BCUT2D eigenvalue weighted by atomic mass is 35.5. The van der Waals surface area contributed by atoms with Crippen LogP contribution in [0.4, 0.5) is 0 Å². The number of nitrogens with one attached hydrogen (secondary N) is 1. The SMILES string of the molecule is OCCOCCNCc1ccc(OCc2cccc(Cl)c2)cc1. The Labute approximate surface area is 142 Å². The van der Waals surface area contributed by atoms with Gasteiger partial charge in [0, 0.05) is 18.1 Å². The van der Waals surface area contributed by atoms with Gasteiger partial charge in [-0.2, -0.15) is 0 Å². The summed E-state index contributed by atoms with van der Waals surface area (Å²) in [6, 6.07) is 15.7. The lowest BCUT2D eigenvalue weighted by Crippen LogP contribution is -2.19. The zero-order chi connectivity index (χ0) is 16.3. The molecular formula is C18H22ClNO3. The maximum absolute atomic E-state index is 8.59. The molecule has 2 N–H and O–H groups in total. The molecule has 2 aromatic carbocycles. The van der Waals surface area contributed by atoms with Gasteiger partial charge in [0.15, 0.2) is 0 Å². The van der Waals surface area contributed by atoms with E-state index in [2.05, 4.69) is 5.32 Å². The second kappa shape index (κ2) is 10.2. The van der Waals surface area contributed by atoms with E-state index in [0.29, 0.717) is 19.8 Å². The van der Waals surface area contributed by atoms with Crippen molar-refractivity contribution in [3.05, 3.63) is 64.7 Å². The van der Waals surface area contributed by atoms with Crippen LogP contribution in [0.25, 0.3) is 0 Å². The van der Waals surface area contributed by atoms with Crippen molar-refractivity contribution in [3.8, 4) is 5.75 Å². The minimum absolute atomic E-state index is 0.0661. The van der Waals surface area contributed by atoms with E-state index in [1.165, 1.54) is 5.56 Å². The lowest BCUT2D eigenvalue weighted by molar-refractivity contribution is 0.0938. The summed E-state index contributed by atoms with van der Waals surface area (Å²) in [5.41, 5.74) is 2.23. The summed E-state index contributed by atoms with van der Waals surface area (Å²) in [7, 11) is 0. The predicted molar refractivity (Wildman–Crippen MR) is 91.8 cm³/mol. The first-order chi connectivity index (χ1) is 11.3. The Morgan fingerprint density at radius 1 is 1.00 bits per heavy atom. The molecule has 4 nitrogen and oxygen atoms in total. The highest BCUT2D eigenvalue weighted by Crippen LogP contribution is 2.16. The average molecular weight is 336 g/mol. The summed E-state index contributed by atoms with van der Waals surface area (Å²) in [5, 5.41) is 12.6. The van der Waals surface area contributed by atoms with Gasteiger partial charge in [0.1, 0.15) is 12.4 Å². The minimum atomic E-state index is 0.0661. The first-order valence-electron chi connectivity index (χ1n) is 7.63. The standard InChI is InChI=1S/C18H22ClNO3/c19-17-3-1-2-16(12-17)14-23-18-6-4-15(5-7-18)13-20-8-10-22-11-9-21/h1-7,12,20-21H,8-11,13-14H2. The lowest BCUT2D eigenvalue weighted by Gasteiger charge is -2.09. The quantitative estimate of drug-likeness (QED) is 0.655. The maximum Gasteiger partial charge on any atom is 0.119 e. The van der Waals surface area contributed by atoms with Gasteiger partial charge >= 0.3 is 0 Å². The molecular weight excluding hydrogens is 314 g/mol. The molecule has 2 aromatic rings. The van der Waals surface area contributed by atoms with Crippen molar-refractivity contribution in [1.82, 2.24) is 5.32 Å². The number of ether oxygens (including phenoxy) is 2. The average Bonchev–Trinajstić information content (AvgIpc) is 2.57. The van der Waals surface area contributed by atoms with Crippen molar-refractivity contribution >= 4 is 11.6 Å². The summed E-state index contributed by atoms with van der Waals surface area (Å²) in [5.74, 6) is 0.833. The Kier molecular flexibility index (Phi) is 7.90. The van der Waals surface area contributed by atoms with Crippen LogP contribution >= 0.6 is 11.6 Å². The number of benzene rings is 2. The van der Waals surface area contributed by atoms with E-state index >= 15 is 0 Å². The van der Waals surface area contributed by atoms with Crippen LogP contribution in [-0.4, -0.2) is 31.5 Å². The van der Waals surface area contributed by atoms with Crippen molar-refractivity contribution in [2.45, 2.75) is 13.2 Å². The van der Waals surface area contributed by atoms with Crippen LogP contribution in [0, 0.1) is 0 Å². The fourth-order valence-electron chi connectivity index (χ4n) is 2.04. The zero-order valence-electron chi connectivity index (χ0n) is 13.0. The number of hydrogen-bond donors (Lipinski definition) is 2. The van der Waals surface area contributed by atoms with Crippen LogP contribution < -0.4 is 10.1 Å². The zero-order valence-corrected chi connectivity index (χ0v) is 13.8. The van der Waals surface area contributed by atoms with Gasteiger partial charge in [-0.05, 0) is 35.4 Å². The number of aliphatic hydroxyl groups is 1. The van der Waals surface area contributed by atoms with Crippen molar-refractivity contribution in [3.63, 3.8) is 0 Å². The normalized spacial score (nSPS) is 10.7. The molecule has 0 atom stereocenters. The molecule has 5 heteroatoms. The Morgan fingerprint density at radius 2 is 1.83 bits per heavy atom. The first kappa shape index (κ1) is 17.8. The first-order valence-corrected chi connectivity index (χ1v) is 8.01. The highest BCUT2D eigenvalue weighted by Gasteiger charge is 1.98. The van der Waals surface area contributed by atoms with E-state index in [1.807, 2.05) is 48.5 Å². The minimum Gasteiger partial charge on any atom is -0.489 e. The predicted octanol–water partition coefficient (Wildman–Crippen LogP) is 3.02. The molecule has 23 heavy (non-hydrogen) atoms. The molecule has 0 heterocycles. The molecule has 0 spiro atoms. The monoisotopic (exact) mass is 335 g/mol. The number of halogens is 1. The van der Waals surface area contributed by atoms with Crippen molar-refractivity contribution in [1.29, 1.82) is 0 Å². The van der Waals surface area contributed by atoms with Gasteiger partial charge in [0.05, 0.1) is 19.8 Å². The van der Waals surface area contributed by atoms with Gasteiger partial charge in [-0.15, -0.1) is 0 Å². The van der Waals surface area contributed by atoms with E-state index < -0.39 is 0 Å². The smallest absolute Gasteiger partial charge is 0.119 e. The van der Waals surface area contributed by atoms with Crippen LogP contribution in [0.3, 0.4) is 0 Å². The van der Waals surface area contributed by atoms with Crippen molar-refractivity contribution in [2.24, 2.45) is 0 Å². The largest absolute Gasteiger partial charge is 0.489 e. The summed E-state index contributed by atoms with van der Waals surface area (Å²) >= 11 is 5.95. The van der Waals surface area contributed by atoms with Gasteiger partial charge in [-0.25, -0.2) is 0 Å². The molecule has 0 radical (unpaired) electrons. The van der Waals surface area contributed by atoms with Crippen molar-refractivity contribution < 1.29 is 14.6 Å². The molecule has 0 saturated carbocycles. The van der Waals surface area contributed by atoms with Gasteiger partial charge in [0.25, 0.3) is 0 Å². The summed E-state index contributed by atoms with van der Waals surface area (Å²) < 4.78 is 10.9. The van der Waals surface area contributed by atoms with Crippen LogP contribution in [-0.2, 0) is 17.9 Å². The molecule has 0 unspecified atom stereocenters. The molecule has 0 bridgehead atoms. The molecule has 0 fully saturated rings. The van der Waals surface area contributed by atoms with Crippen molar-refractivity contribution in [2.75, 3.05) is 26.4 Å².